The van der Waals surface area contributed by atoms with Crippen molar-refractivity contribution in [1.29, 1.82) is 0 Å². The van der Waals surface area contributed by atoms with Crippen LogP contribution in [0.4, 0.5) is 0 Å². The van der Waals surface area contributed by atoms with Gasteiger partial charge in [0, 0.05) is 16.3 Å². The summed E-state index contributed by atoms with van der Waals surface area (Å²) in [5, 5.41) is 9.17. The van der Waals surface area contributed by atoms with E-state index in [1.807, 2.05) is 27.7 Å². The molecule has 1 heterocycles. The molecule has 1 amide bonds. The molecule has 9 nitrogen and oxygen atoms in total. The lowest BCUT2D eigenvalue weighted by Crippen LogP contribution is -2.47. The molecule has 0 spiro atoms. The number of hydrogen-bond acceptors (Lipinski definition) is 7. The predicted octanol–water partition coefficient (Wildman–Crippen LogP) is 6.25. The predicted molar refractivity (Wildman–Crippen MR) is 138 cm³/mol. The second kappa shape index (κ2) is 12.7. The van der Waals surface area contributed by atoms with Crippen molar-refractivity contribution in [2.45, 2.75) is 97.6 Å². The van der Waals surface area contributed by atoms with Gasteiger partial charge in [-0.1, -0.05) is 60.0 Å². The second-order valence-electron chi connectivity index (χ2n) is 10.6. The van der Waals surface area contributed by atoms with Gasteiger partial charge in [0.15, 0.2) is 14.0 Å². The maximum atomic E-state index is 13.1. The quantitative estimate of drug-likeness (QED) is 0.117. The van der Waals surface area contributed by atoms with Crippen LogP contribution < -0.4 is 5.32 Å². The van der Waals surface area contributed by atoms with Crippen molar-refractivity contribution in [3.05, 3.63) is 26.5 Å². The third kappa shape index (κ3) is 8.08. The number of carbonyl (C=O) groups is 2. The van der Waals surface area contributed by atoms with Crippen LogP contribution in [-0.4, -0.2) is 44.4 Å². The normalized spacial score (nSPS) is 15.7. The zero-order chi connectivity index (χ0) is 26.3. The van der Waals surface area contributed by atoms with Crippen molar-refractivity contribution in [1.82, 2.24) is 10.3 Å². The zero-order valence-corrected chi connectivity index (χ0v) is 24.0. The van der Waals surface area contributed by atoms with E-state index >= 15 is 0 Å². The van der Waals surface area contributed by atoms with Crippen LogP contribution in [0.1, 0.15) is 82.9 Å². The smallest absolute Gasteiger partial charge is 0.357 e. The number of hydrogen-bond donors (Lipinski definition) is 1. The number of ether oxygens (including phenoxy) is 1. The van der Waals surface area contributed by atoms with Gasteiger partial charge in [-0.15, -0.1) is 11.3 Å². The Kier molecular flexibility index (Phi) is 11.2. The minimum absolute atomic E-state index is 0.0343. The number of methoxy groups -OCH3 is 1. The van der Waals surface area contributed by atoms with Gasteiger partial charge in [-0.25, -0.2) is 9.78 Å². The fraction of sp³-hybridized carbons (Fsp3) is 0.783. The highest BCUT2D eigenvalue weighted by molar-refractivity contribution is 7.09. The molecule has 0 saturated carbocycles. The highest BCUT2D eigenvalue weighted by Crippen LogP contribution is 2.41. The maximum Gasteiger partial charge on any atom is 0.357 e. The van der Waals surface area contributed by atoms with E-state index in [2.05, 4.69) is 54.2 Å². The summed E-state index contributed by atoms with van der Waals surface area (Å²) in [5.74, 6) is -0.762. The van der Waals surface area contributed by atoms with Gasteiger partial charge in [0.2, 0.25) is 5.91 Å². The third-order valence-corrected chi connectivity index (χ3v) is 12.1. The number of rotatable bonds is 12. The van der Waals surface area contributed by atoms with Crippen LogP contribution in [0.3, 0.4) is 0 Å². The summed E-state index contributed by atoms with van der Waals surface area (Å²) in [6.45, 7) is 18.7. The zero-order valence-electron chi connectivity index (χ0n) is 22.2. The molecule has 1 rings (SSSR count). The first-order valence-electron chi connectivity index (χ1n) is 11.7. The van der Waals surface area contributed by atoms with Crippen LogP contribution >= 0.6 is 11.3 Å². The second-order valence-corrected chi connectivity index (χ2v) is 16.2. The minimum atomic E-state index is -2.21. The molecule has 4 atom stereocenters. The summed E-state index contributed by atoms with van der Waals surface area (Å²) in [6, 6.07) is -1.02. The van der Waals surface area contributed by atoms with E-state index in [9.17, 15) is 9.59 Å². The number of thiazole rings is 1. The molecule has 1 aromatic heterocycles. The summed E-state index contributed by atoms with van der Waals surface area (Å²) in [7, 11) is -0.879. The highest BCUT2D eigenvalue weighted by atomic mass is 32.1. The first-order valence-corrected chi connectivity index (χ1v) is 15.5. The Labute approximate surface area is 208 Å². The number of azide groups is 1. The molecule has 0 aliphatic heterocycles. The van der Waals surface area contributed by atoms with Crippen LogP contribution in [0, 0.1) is 11.8 Å². The molecular formula is C23H41N5O4SSi. The minimum Gasteiger partial charge on any atom is -0.464 e. The van der Waals surface area contributed by atoms with Crippen molar-refractivity contribution in [3.8, 4) is 0 Å². The molecule has 0 unspecified atom stereocenters. The molecule has 1 N–H and O–H groups in total. The fourth-order valence-electron chi connectivity index (χ4n) is 3.07. The van der Waals surface area contributed by atoms with Gasteiger partial charge in [-0.05, 0) is 41.9 Å². The van der Waals surface area contributed by atoms with E-state index in [0.717, 1.165) is 6.42 Å². The largest absolute Gasteiger partial charge is 0.464 e. The molecule has 0 aliphatic carbocycles. The number of aromatic nitrogens is 1. The number of esters is 1. The molecule has 11 heteroatoms. The maximum absolute atomic E-state index is 13.1. The van der Waals surface area contributed by atoms with Gasteiger partial charge in [-0.2, -0.15) is 0 Å². The first-order chi connectivity index (χ1) is 15.7. The summed E-state index contributed by atoms with van der Waals surface area (Å²) >= 11 is 1.35. The highest BCUT2D eigenvalue weighted by Gasteiger charge is 2.41. The molecule has 0 aromatic carbocycles. The van der Waals surface area contributed by atoms with Crippen molar-refractivity contribution in [2.75, 3.05) is 7.11 Å². The van der Waals surface area contributed by atoms with E-state index in [-0.39, 0.29) is 34.5 Å². The number of nitrogens with zero attached hydrogens (tertiary/aromatic N) is 4. The van der Waals surface area contributed by atoms with Gasteiger partial charge < -0.3 is 14.5 Å². The SMILES string of the molecule is CC[C@H](C)[C@H](N=[N+]=[N-])C(=O)N[C@H](C[C@@H](O[Si](C)(C)C(C)(C)C)c1nc(C(=O)OC)cs1)C(C)C. The van der Waals surface area contributed by atoms with Crippen LogP contribution in [-0.2, 0) is 14.0 Å². The summed E-state index contributed by atoms with van der Waals surface area (Å²) in [4.78, 5) is 32.4. The van der Waals surface area contributed by atoms with Gasteiger partial charge in [-0.3, -0.25) is 4.79 Å². The molecule has 34 heavy (non-hydrogen) atoms. The monoisotopic (exact) mass is 511 g/mol. The Morgan fingerprint density at radius 3 is 2.38 bits per heavy atom. The average molecular weight is 512 g/mol. The van der Waals surface area contributed by atoms with Gasteiger partial charge >= 0.3 is 5.97 Å². The summed E-state index contributed by atoms with van der Waals surface area (Å²) < 4.78 is 11.6. The number of amides is 1. The van der Waals surface area contributed by atoms with Crippen LogP contribution in [0.25, 0.3) is 10.4 Å². The van der Waals surface area contributed by atoms with Gasteiger partial charge in [0.25, 0.3) is 0 Å². The standard InChI is InChI=1S/C23H41N5O4SSi/c1-11-15(4)19(27-28-24)20(29)25-16(14(2)3)12-18(32-34(9,10)23(5,6)7)21-26-17(13-33-21)22(30)31-8/h13-16,18-19H,11-12H2,1-10H3,(H,25,29)/t15-,16+,18+,19-/m0/s1. The molecule has 0 saturated heterocycles. The molecule has 192 valence electrons. The first kappa shape index (κ1) is 30.1. The summed E-state index contributed by atoms with van der Waals surface area (Å²) in [5.41, 5.74) is 9.20. The van der Waals surface area contributed by atoms with Crippen LogP contribution in [0.15, 0.2) is 10.5 Å². The fourth-order valence-corrected chi connectivity index (χ4v) is 5.25. The van der Waals surface area contributed by atoms with Crippen LogP contribution in [0.2, 0.25) is 18.1 Å². The summed E-state index contributed by atoms with van der Waals surface area (Å²) in [6.07, 6.45) is 0.794. The van der Waals surface area contributed by atoms with E-state index in [0.29, 0.717) is 11.4 Å². The van der Waals surface area contributed by atoms with Gasteiger partial charge in [0.1, 0.15) is 11.0 Å². The molecule has 1 aromatic rings. The molecule has 0 aliphatic rings. The van der Waals surface area contributed by atoms with Crippen molar-refractivity contribution < 1.29 is 18.8 Å². The molecular weight excluding hydrogens is 470 g/mol. The van der Waals surface area contributed by atoms with Crippen molar-refractivity contribution >= 4 is 31.5 Å². The lowest BCUT2D eigenvalue weighted by Gasteiger charge is -2.40. The molecule has 0 bridgehead atoms. The van der Waals surface area contributed by atoms with E-state index in [1.54, 1.807) is 5.38 Å². The number of carbonyl (C=O) groups excluding carboxylic acids is 2. The lowest BCUT2D eigenvalue weighted by molar-refractivity contribution is -0.124. The average Bonchev–Trinajstić information content (AvgIpc) is 3.24. The van der Waals surface area contributed by atoms with Crippen molar-refractivity contribution in [3.63, 3.8) is 0 Å². The Morgan fingerprint density at radius 2 is 1.91 bits per heavy atom. The Morgan fingerprint density at radius 1 is 1.29 bits per heavy atom. The Hall–Kier alpha value is -1.94. The lowest BCUT2D eigenvalue weighted by atomic mass is 9.95. The van der Waals surface area contributed by atoms with Crippen molar-refractivity contribution in [2.24, 2.45) is 17.0 Å². The Bertz CT molecular complexity index is 877. The third-order valence-electron chi connectivity index (χ3n) is 6.66. The topological polar surface area (TPSA) is 126 Å². The molecule has 0 radical (unpaired) electrons. The van der Waals surface area contributed by atoms with E-state index < -0.39 is 26.4 Å². The molecule has 0 fully saturated rings. The van der Waals surface area contributed by atoms with E-state index in [4.69, 9.17) is 14.7 Å². The van der Waals surface area contributed by atoms with E-state index in [1.165, 1.54) is 18.4 Å². The van der Waals surface area contributed by atoms with Crippen LogP contribution in [0.5, 0.6) is 0 Å². The Balaban J connectivity index is 3.30. The van der Waals surface area contributed by atoms with Gasteiger partial charge in [0.05, 0.1) is 13.2 Å². The number of nitrogens with one attached hydrogen (secondary N) is 1.